The molecule has 1 N–H and O–H groups in total. The van der Waals surface area contributed by atoms with Crippen LogP contribution in [0.1, 0.15) is 22.5 Å². The molecule has 0 aliphatic carbocycles. The fraction of sp³-hybridized carbons (Fsp3) is 0.412. The molecule has 1 aliphatic heterocycles. The highest BCUT2D eigenvalue weighted by Gasteiger charge is 2.28. The Bertz CT molecular complexity index is 873. The lowest BCUT2D eigenvalue weighted by Crippen LogP contribution is -2.30. The largest absolute Gasteiger partial charge is 0.350 e. The summed E-state index contributed by atoms with van der Waals surface area (Å²) in [5.74, 6) is 0.311. The van der Waals surface area contributed by atoms with E-state index >= 15 is 0 Å². The average molecular weight is 375 g/mol. The Hall–Kier alpha value is -2.55. The summed E-state index contributed by atoms with van der Waals surface area (Å²) < 4.78 is 23.1. The van der Waals surface area contributed by atoms with Gasteiger partial charge in [-0.3, -0.25) is 9.78 Å². The van der Waals surface area contributed by atoms with Gasteiger partial charge in [0.05, 0.1) is 11.5 Å². The van der Waals surface area contributed by atoms with Crippen molar-refractivity contribution in [3.63, 3.8) is 0 Å². The van der Waals surface area contributed by atoms with Crippen LogP contribution in [0.3, 0.4) is 0 Å². The van der Waals surface area contributed by atoms with Crippen LogP contribution in [0.4, 0.5) is 5.95 Å². The monoisotopic (exact) mass is 375 g/mol. The van der Waals surface area contributed by atoms with Crippen LogP contribution in [0.15, 0.2) is 36.8 Å². The number of nitrogens with zero attached hydrogens (tertiary/aromatic N) is 4. The van der Waals surface area contributed by atoms with E-state index < -0.39 is 9.84 Å². The summed E-state index contributed by atoms with van der Waals surface area (Å²) in [7, 11) is -1.26. The summed E-state index contributed by atoms with van der Waals surface area (Å²) in [6, 6.07) is 5.18. The number of carbonyl (C=O) groups is 1. The molecule has 3 rings (SSSR count). The molecule has 1 aliphatic rings. The maximum Gasteiger partial charge on any atom is 0.272 e. The molecule has 0 saturated carbocycles. The number of sulfone groups is 1. The molecule has 0 bridgehead atoms. The molecule has 1 amide bonds. The van der Waals surface area contributed by atoms with Gasteiger partial charge < -0.3 is 10.2 Å². The van der Waals surface area contributed by atoms with Gasteiger partial charge in [0.25, 0.3) is 5.91 Å². The number of hydrogen-bond acceptors (Lipinski definition) is 7. The Balaban J connectivity index is 1.60. The lowest BCUT2D eigenvalue weighted by Gasteiger charge is -2.17. The van der Waals surface area contributed by atoms with Crippen molar-refractivity contribution >= 4 is 21.7 Å². The summed E-state index contributed by atoms with van der Waals surface area (Å²) in [6.07, 6.45) is 6.20. The molecule has 1 fully saturated rings. The van der Waals surface area contributed by atoms with Gasteiger partial charge in [-0.1, -0.05) is 0 Å². The van der Waals surface area contributed by atoms with Crippen LogP contribution in [0.25, 0.3) is 0 Å². The zero-order valence-corrected chi connectivity index (χ0v) is 15.3. The minimum Gasteiger partial charge on any atom is -0.350 e. The van der Waals surface area contributed by atoms with Crippen molar-refractivity contribution in [2.45, 2.75) is 18.9 Å². The van der Waals surface area contributed by atoms with Gasteiger partial charge in [-0.2, -0.15) is 0 Å². The zero-order valence-electron chi connectivity index (χ0n) is 14.5. The van der Waals surface area contributed by atoms with Crippen molar-refractivity contribution < 1.29 is 13.2 Å². The maximum absolute atomic E-state index is 12.6. The van der Waals surface area contributed by atoms with Gasteiger partial charge in [-0.25, -0.2) is 18.4 Å². The van der Waals surface area contributed by atoms with E-state index in [1.54, 1.807) is 30.4 Å². The van der Waals surface area contributed by atoms with E-state index in [9.17, 15) is 13.2 Å². The number of aromatic nitrogens is 3. The normalized spacial score (nSPS) is 18.4. The highest BCUT2D eigenvalue weighted by molar-refractivity contribution is 7.91. The van der Waals surface area contributed by atoms with Crippen molar-refractivity contribution in [2.24, 2.45) is 0 Å². The number of pyridine rings is 1. The number of rotatable bonds is 6. The molecule has 1 saturated heterocycles. The fourth-order valence-electron chi connectivity index (χ4n) is 2.78. The molecule has 8 nitrogen and oxygen atoms in total. The van der Waals surface area contributed by atoms with Gasteiger partial charge >= 0.3 is 0 Å². The lowest BCUT2D eigenvalue weighted by molar-refractivity contribution is 0.0791. The quantitative estimate of drug-likeness (QED) is 0.795. The maximum atomic E-state index is 12.6. The third kappa shape index (κ3) is 4.75. The average Bonchev–Trinajstić information content (AvgIpc) is 2.98. The van der Waals surface area contributed by atoms with Crippen LogP contribution in [-0.4, -0.2) is 65.3 Å². The Morgan fingerprint density at radius 3 is 2.73 bits per heavy atom. The first kappa shape index (κ1) is 18.2. The third-order valence-electron chi connectivity index (χ3n) is 4.27. The SMILES string of the molecule is CN(CCc1ccncc1)C(=O)c1ccnc(NC2CCS(=O)(=O)C2)n1. The van der Waals surface area contributed by atoms with Crippen LogP contribution >= 0.6 is 0 Å². The molecule has 0 aromatic carbocycles. The molecule has 138 valence electrons. The molecular formula is C17H21N5O3S. The van der Waals surface area contributed by atoms with Crippen LogP contribution in [0.2, 0.25) is 0 Å². The second-order valence-electron chi connectivity index (χ2n) is 6.34. The zero-order chi connectivity index (χ0) is 18.6. The smallest absolute Gasteiger partial charge is 0.272 e. The molecule has 1 unspecified atom stereocenters. The second kappa shape index (κ2) is 7.77. The predicted molar refractivity (Wildman–Crippen MR) is 97.6 cm³/mol. The molecule has 2 aromatic rings. The van der Waals surface area contributed by atoms with E-state index in [0.29, 0.717) is 13.0 Å². The van der Waals surface area contributed by atoms with Crippen molar-refractivity contribution in [2.75, 3.05) is 30.4 Å². The first-order valence-electron chi connectivity index (χ1n) is 8.37. The van der Waals surface area contributed by atoms with Crippen molar-refractivity contribution in [1.82, 2.24) is 19.9 Å². The first-order chi connectivity index (χ1) is 12.4. The minimum absolute atomic E-state index is 0.0698. The Morgan fingerprint density at radius 2 is 2.04 bits per heavy atom. The molecule has 1 atom stereocenters. The van der Waals surface area contributed by atoms with Crippen molar-refractivity contribution in [3.05, 3.63) is 48.0 Å². The van der Waals surface area contributed by atoms with Gasteiger partial charge in [0.2, 0.25) is 5.95 Å². The van der Waals surface area contributed by atoms with E-state index in [-0.39, 0.29) is 35.1 Å². The topological polar surface area (TPSA) is 105 Å². The molecular weight excluding hydrogens is 354 g/mol. The molecule has 0 spiro atoms. The number of anilines is 1. The fourth-order valence-corrected chi connectivity index (χ4v) is 4.46. The number of likely N-dealkylation sites (N-methyl/N-ethyl adjacent to an activating group) is 1. The number of hydrogen-bond donors (Lipinski definition) is 1. The van der Waals surface area contributed by atoms with E-state index in [2.05, 4.69) is 20.3 Å². The highest BCUT2D eigenvalue weighted by Crippen LogP contribution is 2.15. The van der Waals surface area contributed by atoms with Crippen molar-refractivity contribution in [3.8, 4) is 0 Å². The van der Waals surface area contributed by atoms with Crippen LogP contribution in [-0.2, 0) is 16.3 Å². The Labute approximate surface area is 152 Å². The van der Waals surface area contributed by atoms with E-state index in [0.717, 1.165) is 12.0 Å². The molecule has 3 heterocycles. The first-order valence-corrected chi connectivity index (χ1v) is 10.2. The van der Waals surface area contributed by atoms with Gasteiger partial charge in [0.15, 0.2) is 9.84 Å². The standard InChI is InChI=1S/C17H21N5O3S/c1-22(10-5-13-2-7-18-8-3-13)16(23)15-4-9-19-17(21-15)20-14-6-11-26(24,25)12-14/h2-4,7-9,14H,5-6,10-12H2,1H3,(H,19,20,21). The summed E-state index contributed by atoms with van der Waals surface area (Å²) in [6.45, 7) is 0.552. The number of amides is 1. The second-order valence-corrected chi connectivity index (χ2v) is 8.57. The molecule has 2 aromatic heterocycles. The van der Waals surface area contributed by atoms with E-state index in [1.807, 2.05) is 12.1 Å². The summed E-state index contributed by atoms with van der Waals surface area (Å²) in [5, 5.41) is 3.01. The lowest BCUT2D eigenvalue weighted by atomic mass is 10.2. The van der Waals surface area contributed by atoms with E-state index in [4.69, 9.17) is 0 Å². The van der Waals surface area contributed by atoms with E-state index in [1.165, 1.54) is 6.20 Å². The molecule has 9 heteroatoms. The highest BCUT2D eigenvalue weighted by atomic mass is 32.2. The minimum atomic E-state index is -2.99. The van der Waals surface area contributed by atoms with Crippen LogP contribution < -0.4 is 5.32 Å². The van der Waals surface area contributed by atoms with Gasteiger partial charge in [-0.15, -0.1) is 0 Å². The Morgan fingerprint density at radius 1 is 1.27 bits per heavy atom. The molecule has 26 heavy (non-hydrogen) atoms. The third-order valence-corrected chi connectivity index (χ3v) is 6.04. The number of nitrogens with one attached hydrogen (secondary N) is 1. The Kier molecular flexibility index (Phi) is 5.46. The van der Waals surface area contributed by atoms with Gasteiger partial charge in [0.1, 0.15) is 5.69 Å². The van der Waals surface area contributed by atoms with Crippen LogP contribution in [0, 0.1) is 0 Å². The predicted octanol–water partition coefficient (Wildman–Crippen LogP) is 0.785. The molecule has 0 radical (unpaired) electrons. The summed E-state index contributed by atoms with van der Waals surface area (Å²) >= 11 is 0. The summed E-state index contributed by atoms with van der Waals surface area (Å²) in [5.41, 5.74) is 1.38. The van der Waals surface area contributed by atoms with Crippen LogP contribution in [0.5, 0.6) is 0 Å². The van der Waals surface area contributed by atoms with Gasteiger partial charge in [-0.05, 0) is 36.6 Å². The number of carbonyl (C=O) groups excluding carboxylic acids is 1. The van der Waals surface area contributed by atoms with Crippen molar-refractivity contribution in [1.29, 1.82) is 0 Å². The summed E-state index contributed by atoms with van der Waals surface area (Å²) in [4.78, 5) is 26.5. The van der Waals surface area contributed by atoms with Gasteiger partial charge in [0, 0.05) is 38.2 Å².